The van der Waals surface area contributed by atoms with Gasteiger partial charge in [0.05, 0.1) is 5.56 Å². The van der Waals surface area contributed by atoms with Crippen LogP contribution in [-0.4, -0.2) is 29.2 Å². The molecule has 0 aromatic heterocycles. The second-order valence-electron chi connectivity index (χ2n) is 4.49. The first kappa shape index (κ1) is 14.0. The van der Waals surface area contributed by atoms with Gasteiger partial charge in [0.15, 0.2) is 0 Å². The molecule has 1 heterocycles. The fourth-order valence-corrected chi connectivity index (χ4v) is 3.31. The summed E-state index contributed by atoms with van der Waals surface area (Å²) in [5.41, 5.74) is 0.148. The van der Waals surface area contributed by atoms with Crippen molar-refractivity contribution in [1.29, 1.82) is 0 Å². The number of halogens is 3. The zero-order valence-electron chi connectivity index (χ0n) is 9.83. The van der Waals surface area contributed by atoms with Gasteiger partial charge in [0.25, 0.3) is 5.91 Å². The number of amides is 1. The van der Waals surface area contributed by atoms with E-state index >= 15 is 0 Å². The quantitative estimate of drug-likeness (QED) is 0.716. The summed E-state index contributed by atoms with van der Waals surface area (Å²) < 4.78 is 14.2. The van der Waals surface area contributed by atoms with Gasteiger partial charge >= 0.3 is 0 Å². The van der Waals surface area contributed by atoms with Crippen LogP contribution in [0.1, 0.15) is 23.2 Å². The first-order valence-electron chi connectivity index (χ1n) is 5.92. The van der Waals surface area contributed by atoms with Gasteiger partial charge in [0.2, 0.25) is 0 Å². The molecule has 18 heavy (non-hydrogen) atoms. The normalized spacial score (nSPS) is 16.9. The molecule has 1 aromatic rings. The molecule has 0 radical (unpaired) electrons. The number of rotatable bonds is 2. The monoisotopic (exact) mass is 377 g/mol. The topological polar surface area (TPSA) is 20.3 Å². The van der Waals surface area contributed by atoms with Crippen molar-refractivity contribution in [2.75, 3.05) is 18.4 Å². The molecule has 2 nitrogen and oxygen atoms in total. The lowest BCUT2D eigenvalue weighted by Gasteiger charge is -2.31. The Hall–Kier alpha value is -0.420. The Morgan fingerprint density at radius 3 is 2.61 bits per heavy atom. The van der Waals surface area contributed by atoms with Crippen LogP contribution in [0.5, 0.6) is 0 Å². The van der Waals surface area contributed by atoms with Crippen molar-refractivity contribution in [1.82, 2.24) is 4.90 Å². The highest BCUT2D eigenvalue weighted by molar-refractivity contribution is 9.10. The Balaban J connectivity index is 2.13. The second-order valence-corrected chi connectivity index (χ2v) is 5.99. The minimum Gasteiger partial charge on any atom is -0.339 e. The number of likely N-dealkylation sites (tertiary alicyclic amines) is 1. The minimum atomic E-state index is -0.461. The van der Waals surface area contributed by atoms with Crippen molar-refractivity contribution >= 4 is 37.8 Å². The minimum absolute atomic E-state index is 0.148. The van der Waals surface area contributed by atoms with Crippen LogP contribution in [0.4, 0.5) is 4.39 Å². The Bertz CT molecular complexity index is 424. The molecule has 0 spiro atoms. The van der Waals surface area contributed by atoms with Gasteiger partial charge in [-0.05, 0) is 46.8 Å². The predicted octanol–water partition coefficient (Wildman–Crippen LogP) is 3.84. The van der Waals surface area contributed by atoms with Crippen molar-refractivity contribution in [2.45, 2.75) is 12.8 Å². The number of nitrogens with zero attached hydrogens (tertiary/aromatic N) is 1. The first-order valence-corrected chi connectivity index (χ1v) is 7.84. The van der Waals surface area contributed by atoms with E-state index in [4.69, 9.17) is 0 Å². The Kier molecular flexibility index (Phi) is 4.78. The molecule has 2 rings (SSSR count). The van der Waals surface area contributed by atoms with Crippen molar-refractivity contribution < 1.29 is 9.18 Å². The zero-order valence-corrected chi connectivity index (χ0v) is 13.0. The van der Waals surface area contributed by atoms with Crippen LogP contribution >= 0.6 is 31.9 Å². The number of piperidine rings is 1. The van der Waals surface area contributed by atoms with E-state index in [1.807, 2.05) is 0 Å². The maximum atomic E-state index is 13.7. The van der Waals surface area contributed by atoms with Crippen LogP contribution in [0, 0.1) is 11.7 Å². The molecule has 0 atom stereocenters. The summed E-state index contributed by atoms with van der Waals surface area (Å²) >= 11 is 6.71. The average molecular weight is 379 g/mol. The van der Waals surface area contributed by atoms with Crippen molar-refractivity contribution in [3.05, 3.63) is 34.1 Å². The summed E-state index contributed by atoms with van der Waals surface area (Å²) in [6.45, 7) is 1.41. The number of hydrogen-bond acceptors (Lipinski definition) is 1. The van der Waals surface area contributed by atoms with Gasteiger partial charge in [-0.2, -0.15) is 0 Å². The van der Waals surface area contributed by atoms with E-state index < -0.39 is 5.82 Å². The molecule has 1 fully saturated rings. The fraction of sp³-hybridized carbons (Fsp3) is 0.462. The fourth-order valence-electron chi connectivity index (χ4n) is 2.15. The highest BCUT2D eigenvalue weighted by Crippen LogP contribution is 2.25. The largest absolute Gasteiger partial charge is 0.339 e. The van der Waals surface area contributed by atoms with E-state index in [0.717, 1.165) is 18.2 Å². The third-order valence-corrected chi connectivity index (χ3v) is 4.87. The molecule has 0 aliphatic carbocycles. The lowest BCUT2D eigenvalue weighted by atomic mass is 9.98. The summed E-state index contributed by atoms with van der Waals surface area (Å²) in [7, 11) is 0. The molecule has 98 valence electrons. The Labute approximate surface area is 123 Å². The van der Waals surface area contributed by atoms with Crippen LogP contribution in [0.2, 0.25) is 0 Å². The van der Waals surface area contributed by atoms with Crippen molar-refractivity contribution in [3.8, 4) is 0 Å². The number of benzene rings is 1. The maximum Gasteiger partial charge on any atom is 0.257 e. The average Bonchev–Trinajstić information content (AvgIpc) is 2.38. The predicted molar refractivity (Wildman–Crippen MR) is 76.5 cm³/mol. The van der Waals surface area contributed by atoms with Gasteiger partial charge in [-0.1, -0.05) is 22.0 Å². The van der Waals surface area contributed by atoms with E-state index in [9.17, 15) is 9.18 Å². The molecule has 0 unspecified atom stereocenters. The van der Waals surface area contributed by atoms with E-state index in [0.29, 0.717) is 23.5 Å². The van der Waals surface area contributed by atoms with E-state index in [1.54, 1.807) is 17.0 Å². The van der Waals surface area contributed by atoms with Gasteiger partial charge in [0, 0.05) is 22.9 Å². The summed E-state index contributed by atoms with van der Waals surface area (Å²) in [5.74, 6) is -0.0527. The molecule has 1 saturated heterocycles. The molecule has 1 aliphatic rings. The molecule has 0 saturated carbocycles. The zero-order chi connectivity index (χ0) is 13.1. The van der Waals surface area contributed by atoms with E-state index in [2.05, 4.69) is 31.9 Å². The number of hydrogen-bond donors (Lipinski definition) is 0. The van der Waals surface area contributed by atoms with Crippen LogP contribution in [-0.2, 0) is 0 Å². The van der Waals surface area contributed by atoms with Gasteiger partial charge in [0.1, 0.15) is 5.82 Å². The second kappa shape index (κ2) is 6.15. The van der Waals surface area contributed by atoms with Gasteiger partial charge in [-0.15, -0.1) is 0 Å². The van der Waals surface area contributed by atoms with Gasteiger partial charge < -0.3 is 4.90 Å². The van der Waals surface area contributed by atoms with Gasteiger partial charge in [-0.3, -0.25) is 4.79 Å². The third kappa shape index (κ3) is 2.94. The smallest absolute Gasteiger partial charge is 0.257 e. The standard InChI is InChI=1S/C13H14Br2FNO/c14-8-9-4-6-17(7-5-9)13(18)12-10(15)2-1-3-11(12)16/h1-3,9H,4-8H2. The van der Waals surface area contributed by atoms with Crippen molar-refractivity contribution in [3.63, 3.8) is 0 Å². The molecule has 0 bridgehead atoms. The molecular formula is C13H14Br2FNO. The Morgan fingerprint density at radius 2 is 2.06 bits per heavy atom. The first-order chi connectivity index (χ1) is 8.63. The lowest BCUT2D eigenvalue weighted by Crippen LogP contribution is -2.39. The molecule has 5 heteroatoms. The van der Waals surface area contributed by atoms with E-state index in [1.165, 1.54) is 6.07 Å². The maximum absolute atomic E-state index is 13.7. The van der Waals surface area contributed by atoms with Crippen molar-refractivity contribution in [2.24, 2.45) is 5.92 Å². The van der Waals surface area contributed by atoms with Crippen LogP contribution in [0.3, 0.4) is 0 Å². The number of carbonyl (C=O) groups is 1. The lowest BCUT2D eigenvalue weighted by molar-refractivity contribution is 0.0693. The van der Waals surface area contributed by atoms with E-state index in [-0.39, 0.29) is 11.5 Å². The molecule has 1 aliphatic heterocycles. The van der Waals surface area contributed by atoms with Crippen LogP contribution in [0.15, 0.2) is 22.7 Å². The number of alkyl halides is 1. The third-order valence-electron chi connectivity index (χ3n) is 3.30. The molecule has 1 amide bonds. The Morgan fingerprint density at radius 1 is 1.39 bits per heavy atom. The molecule has 0 N–H and O–H groups in total. The molecular weight excluding hydrogens is 365 g/mol. The highest BCUT2D eigenvalue weighted by atomic mass is 79.9. The van der Waals surface area contributed by atoms with Crippen LogP contribution < -0.4 is 0 Å². The number of carbonyl (C=O) groups excluding carboxylic acids is 1. The summed E-state index contributed by atoms with van der Waals surface area (Å²) in [4.78, 5) is 14.0. The highest BCUT2D eigenvalue weighted by Gasteiger charge is 2.26. The molecule has 1 aromatic carbocycles. The van der Waals surface area contributed by atoms with Gasteiger partial charge in [-0.25, -0.2) is 4.39 Å². The van der Waals surface area contributed by atoms with Crippen LogP contribution in [0.25, 0.3) is 0 Å². The summed E-state index contributed by atoms with van der Waals surface area (Å²) in [6, 6.07) is 4.61. The summed E-state index contributed by atoms with van der Waals surface area (Å²) in [6.07, 6.45) is 1.95. The summed E-state index contributed by atoms with van der Waals surface area (Å²) in [5, 5.41) is 0.971. The SMILES string of the molecule is O=C(c1c(F)cccc1Br)N1CCC(CBr)CC1.